The number of amides is 1. The Morgan fingerprint density at radius 3 is 2.67 bits per heavy atom. The molecule has 2 aliphatic heterocycles. The van der Waals surface area contributed by atoms with Gasteiger partial charge in [0.2, 0.25) is 5.91 Å². The molecular formula is C19H25NO3S. The predicted octanol–water partition coefficient (Wildman–Crippen LogP) is 2.88. The number of fused-ring (bicyclic) bond motifs is 1. The highest BCUT2D eigenvalue weighted by Crippen LogP contribution is 2.29. The van der Waals surface area contributed by atoms with Crippen LogP contribution in [-0.2, 0) is 27.1 Å². The van der Waals surface area contributed by atoms with Crippen molar-refractivity contribution in [1.29, 1.82) is 0 Å². The zero-order chi connectivity index (χ0) is 16.4. The van der Waals surface area contributed by atoms with Crippen molar-refractivity contribution in [3.05, 3.63) is 29.3 Å². The van der Waals surface area contributed by atoms with E-state index in [4.69, 9.17) is 9.47 Å². The third-order valence-corrected chi connectivity index (χ3v) is 6.34. The second-order valence-electron chi connectivity index (χ2n) is 6.90. The van der Waals surface area contributed by atoms with E-state index in [1.807, 2.05) is 4.90 Å². The van der Waals surface area contributed by atoms with Gasteiger partial charge in [-0.05, 0) is 55.4 Å². The number of hydrogen-bond acceptors (Lipinski definition) is 4. The molecule has 0 N–H and O–H groups in total. The van der Waals surface area contributed by atoms with Crippen molar-refractivity contribution in [3.63, 3.8) is 0 Å². The molecule has 1 amide bonds. The van der Waals surface area contributed by atoms with E-state index in [0.29, 0.717) is 24.9 Å². The zero-order valence-electron chi connectivity index (χ0n) is 14.0. The zero-order valence-corrected chi connectivity index (χ0v) is 14.9. The van der Waals surface area contributed by atoms with Crippen molar-refractivity contribution in [2.75, 3.05) is 32.1 Å². The van der Waals surface area contributed by atoms with Crippen LogP contribution in [0.25, 0.3) is 0 Å². The summed E-state index contributed by atoms with van der Waals surface area (Å²) in [6, 6.07) is 6.69. The van der Waals surface area contributed by atoms with E-state index in [1.54, 1.807) is 11.8 Å². The molecule has 0 radical (unpaired) electrons. The monoisotopic (exact) mass is 347 g/mol. The van der Waals surface area contributed by atoms with Crippen LogP contribution in [0.5, 0.6) is 0 Å². The highest BCUT2D eigenvalue weighted by atomic mass is 32.2. The van der Waals surface area contributed by atoms with Gasteiger partial charge in [-0.2, -0.15) is 0 Å². The topological polar surface area (TPSA) is 38.8 Å². The fourth-order valence-corrected chi connectivity index (χ4v) is 4.81. The van der Waals surface area contributed by atoms with Crippen LogP contribution >= 0.6 is 11.8 Å². The molecule has 1 aromatic carbocycles. The molecule has 5 heteroatoms. The van der Waals surface area contributed by atoms with Gasteiger partial charge in [0, 0.05) is 23.9 Å². The van der Waals surface area contributed by atoms with Gasteiger partial charge in [-0.1, -0.05) is 6.07 Å². The Balaban J connectivity index is 1.25. The Bertz CT molecular complexity index is 592. The lowest BCUT2D eigenvalue weighted by atomic mass is 9.96. The lowest BCUT2D eigenvalue weighted by Gasteiger charge is -2.33. The molecule has 3 aliphatic rings. The van der Waals surface area contributed by atoms with Gasteiger partial charge in [-0.15, -0.1) is 11.8 Å². The van der Waals surface area contributed by atoms with Gasteiger partial charge in [0.1, 0.15) is 0 Å². The van der Waals surface area contributed by atoms with Crippen LogP contribution in [0, 0.1) is 5.92 Å². The fourth-order valence-electron chi connectivity index (χ4n) is 3.94. The van der Waals surface area contributed by atoms with E-state index in [-0.39, 0.29) is 12.2 Å². The second kappa shape index (κ2) is 7.46. The molecule has 2 fully saturated rings. The van der Waals surface area contributed by atoms with Gasteiger partial charge in [-0.3, -0.25) is 4.79 Å². The molecule has 0 bridgehead atoms. The molecule has 0 atom stereocenters. The standard InChI is InChI=1S/C19H25NO3S/c21-18(13-24-17-5-4-14-2-1-3-16(14)12-17)20-8-6-15(7-9-20)19-22-10-11-23-19/h4-5,12,15,19H,1-3,6-11,13H2. The summed E-state index contributed by atoms with van der Waals surface area (Å²) in [5.74, 6) is 1.24. The average molecular weight is 347 g/mol. The van der Waals surface area contributed by atoms with E-state index in [9.17, 15) is 4.79 Å². The molecule has 1 aliphatic carbocycles. The molecular weight excluding hydrogens is 322 g/mol. The molecule has 0 saturated carbocycles. The lowest BCUT2D eigenvalue weighted by Crippen LogP contribution is -2.42. The van der Waals surface area contributed by atoms with Gasteiger partial charge in [0.25, 0.3) is 0 Å². The number of nitrogens with zero attached hydrogens (tertiary/aromatic N) is 1. The van der Waals surface area contributed by atoms with Crippen molar-refractivity contribution >= 4 is 17.7 Å². The van der Waals surface area contributed by atoms with E-state index < -0.39 is 0 Å². The summed E-state index contributed by atoms with van der Waals surface area (Å²) < 4.78 is 11.2. The van der Waals surface area contributed by atoms with Crippen LogP contribution < -0.4 is 0 Å². The maximum absolute atomic E-state index is 12.5. The maximum Gasteiger partial charge on any atom is 0.232 e. The minimum Gasteiger partial charge on any atom is -0.350 e. The molecule has 4 nitrogen and oxygen atoms in total. The highest BCUT2D eigenvalue weighted by molar-refractivity contribution is 8.00. The minimum absolute atomic E-state index is 0.0389. The summed E-state index contributed by atoms with van der Waals surface area (Å²) in [7, 11) is 0. The number of carbonyl (C=O) groups is 1. The molecule has 1 aromatic rings. The molecule has 0 unspecified atom stereocenters. The number of aryl methyl sites for hydroxylation is 2. The normalized spacial score (nSPS) is 22.1. The first-order valence-electron chi connectivity index (χ1n) is 9.05. The third-order valence-electron chi connectivity index (χ3n) is 5.36. The SMILES string of the molecule is O=C(CSc1ccc2c(c1)CCC2)N1CCC(C2OCCO2)CC1. The number of piperidine rings is 1. The number of rotatable bonds is 4. The van der Waals surface area contributed by atoms with Crippen LogP contribution in [0.1, 0.15) is 30.4 Å². The van der Waals surface area contributed by atoms with Crippen molar-refractivity contribution < 1.29 is 14.3 Å². The molecule has 4 rings (SSSR count). The summed E-state index contributed by atoms with van der Waals surface area (Å²) in [6.07, 6.45) is 5.60. The van der Waals surface area contributed by atoms with Crippen molar-refractivity contribution in [1.82, 2.24) is 4.90 Å². The van der Waals surface area contributed by atoms with E-state index in [0.717, 1.165) is 25.9 Å². The van der Waals surface area contributed by atoms with Gasteiger partial charge >= 0.3 is 0 Å². The van der Waals surface area contributed by atoms with Crippen LogP contribution in [-0.4, -0.2) is 49.2 Å². The van der Waals surface area contributed by atoms with Gasteiger partial charge < -0.3 is 14.4 Å². The van der Waals surface area contributed by atoms with E-state index >= 15 is 0 Å². The summed E-state index contributed by atoms with van der Waals surface area (Å²) in [5, 5.41) is 0. The second-order valence-corrected chi connectivity index (χ2v) is 7.95. The van der Waals surface area contributed by atoms with Gasteiger partial charge in [0.15, 0.2) is 6.29 Å². The Morgan fingerprint density at radius 2 is 1.88 bits per heavy atom. The van der Waals surface area contributed by atoms with E-state index in [1.165, 1.54) is 35.3 Å². The Morgan fingerprint density at radius 1 is 1.12 bits per heavy atom. The first kappa shape index (κ1) is 16.4. The fraction of sp³-hybridized carbons (Fsp3) is 0.632. The molecule has 0 aromatic heterocycles. The number of thioether (sulfide) groups is 1. The highest BCUT2D eigenvalue weighted by Gasteiger charge is 2.31. The summed E-state index contributed by atoms with van der Waals surface area (Å²) in [4.78, 5) is 15.7. The summed E-state index contributed by atoms with van der Waals surface area (Å²) in [6.45, 7) is 3.08. The van der Waals surface area contributed by atoms with Crippen LogP contribution in [0.2, 0.25) is 0 Å². The molecule has 130 valence electrons. The summed E-state index contributed by atoms with van der Waals surface area (Å²) >= 11 is 1.67. The predicted molar refractivity (Wildman–Crippen MR) is 94.2 cm³/mol. The Hall–Kier alpha value is -1.04. The van der Waals surface area contributed by atoms with Crippen LogP contribution in [0.3, 0.4) is 0 Å². The molecule has 2 saturated heterocycles. The first-order valence-corrected chi connectivity index (χ1v) is 10.0. The lowest BCUT2D eigenvalue weighted by molar-refractivity contribution is -0.134. The van der Waals surface area contributed by atoms with Gasteiger partial charge in [-0.25, -0.2) is 0 Å². The third kappa shape index (κ3) is 3.63. The first-order chi connectivity index (χ1) is 11.8. The number of hydrogen-bond donors (Lipinski definition) is 0. The quantitative estimate of drug-likeness (QED) is 0.785. The minimum atomic E-state index is -0.0389. The number of ether oxygens (including phenoxy) is 2. The number of carbonyl (C=O) groups excluding carboxylic acids is 1. The molecule has 0 spiro atoms. The smallest absolute Gasteiger partial charge is 0.232 e. The van der Waals surface area contributed by atoms with Crippen LogP contribution in [0.15, 0.2) is 23.1 Å². The Labute approximate surface area is 147 Å². The molecule has 24 heavy (non-hydrogen) atoms. The average Bonchev–Trinajstić information content (AvgIpc) is 3.31. The van der Waals surface area contributed by atoms with Crippen molar-refractivity contribution in [2.45, 2.75) is 43.3 Å². The van der Waals surface area contributed by atoms with Crippen molar-refractivity contribution in [2.24, 2.45) is 5.92 Å². The largest absolute Gasteiger partial charge is 0.350 e. The summed E-state index contributed by atoms with van der Waals surface area (Å²) in [5.41, 5.74) is 2.97. The van der Waals surface area contributed by atoms with Crippen molar-refractivity contribution in [3.8, 4) is 0 Å². The number of benzene rings is 1. The van der Waals surface area contributed by atoms with E-state index in [2.05, 4.69) is 18.2 Å². The maximum atomic E-state index is 12.5. The van der Waals surface area contributed by atoms with Crippen LogP contribution in [0.4, 0.5) is 0 Å². The Kier molecular flexibility index (Phi) is 5.11. The van der Waals surface area contributed by atoms with Gasteiger partial charge in [0.05, 0.1) is 19.0 Å². The number of likely N-dealkylation sites (tertiary alicyclic amines) is 1. The molecule has 2 heterocycles.